The maximum absolute atomic E-state index is 11.1. The van der Waals surface area contributed by atoms with E-state index in [1.54, 1.807) is 6.08 Å². The number of carbonyl (C=O) groups is 4. The van der Waals surface area contributed by atoms with E-state index in [9.17, 15) is 24.3 Å². The van der Waals surface area contributed by atoms with E-state index in [-0.39, 0.29) is 31.0 Å². The van der Waals surface area contributed by atoms with Crippen LogP contribution in [0.4, 0.5) is 0 Å². The van der Waals surface area contributed by atoms with Crippen LogP contribution in [0.15, 0.2) is 49.6 Å². The van der Waals surface area contributed by atoms with Gasteiger partial charge in [-0.1, -0.05) is 39.2 Å². The summed E-state index contributed by atoms with van der Waals surface area (Å²) in [6.07, 6.45) is 7.86. The van der Waals surface area contributed by atoms with Crippen molar-refractivity contribution in [3.63, 3.8) is 0 Å². The Morgan fingerprint density at radius 2 is 1.27 bits per heavy atom. The summed E-state index contributed by atoms with van der Waals surface area (Å²) in [5.41, 5.74) is 0.146. The molecule has 0 aromatic heterocycles. The Kier molecular flexibility index (Phi) is 21.3. The lowest BCUT2D eigenvalue weighted by atomic mass is 9.77. The lowest BCUT2D eigenvalue weighted by molar-refractivity contribution is -0.159. The third-order valence-electron chi connectivity index (χ3n) is 4.21. The number of nitrogens with one attached hydrogen (secondary N) is 2. The van der Waals surface area contributed by atoms with Crippen LogP contribution in [-0.4, -0.2) is 67.4 Å². The van der Waals surface area contributed by atoms with Gasteiger partial charge in [0.1, 0.15) is 19.8 Å². The average Bonchev–Trinajstić information content (AvgIpc) is 2.83. The highest BCUT2D eigenvalue weighted by atomic mass is 16.6. The van der Waals surface area contributed by atoms with Crippen LogP contribution in [0.5, 0.6) is 0 Å². The van der Waals surface area contributed by atoms with Crippen molar-refractivity contribution in [2.75, 3.05) is 26.4 Å². The highest BCUT2D eigenvalue weighted by Gasteiger charge is 2.35. The van der Waals surface area contributed by atoms with Gasteiger partial charge in [0.25, 0.3) is 0 Å². The molecule has 0 saturated heterocycles. The predicted molar refractivity (Wildman–Crippen MR) is 132 cm³/mol. The molecule has 1 aliphatic carbocycles. The van der Waals surface area contributed by atoms with E-state index in [1.165, 1.54) is 5.57 Å². The molecule has 0 saturated carbocycles. The van der Waals surface area contributed by atoms with Crippen molar-refractivity contribution in [3.05, 3.63) is 49.6 Å². The van der Waals surface area contributed by atoms with E-state index < -0.39 is 29.9 Å². The molecule has 0 heterocycles. The predicted octanol–water partition coefficient (Wildman–Crippen LogP) is 2.28. The largest absolute Gasteiger partial charge is 0.462 e. The number of aliphatic hydroxyl groups is 1. The summed E-state index contributed by atoms with van der Waals surface area (Å²) in [5.74, 6) is -1.89. The van der Waals surface area contributed by atoms with Crippen LogP contribution in [0.3, 0.4) is 0 Å². The normalized spacial score (nSPS) is 12.8. The number of hydrogen-bond donors (Lipinski definition) is 3. The number of ether oxygens (including phenoxy) is 3. The lowest BCUT2D eigenvalue weighted by Gasteiger charge is -2.29. The fraction of sp³-hybridized carbons (Fsp3) is 0.440. The summed E-state index contributed by atoms with van der Waals surface area (Å²) in [6.45, 7) is 14.5. The molecule has 12 nitrogen and oxygen atoms in total. The van der Waals surface area contributed by atoms with Gasteiger partial charge < -0.3 is 19.3 Å². The standard InChI is InChI=1S/C14H18O7.C9H14O.2CHNO/c1-4-11(16)19-8-14(7-15,9-20-12(17)5-2)10-21-13(18)6-3;1-7-4-8(10)6-9(2,3)5-7;2*2-1-3/h4-6,15H,1-3,7-10H2;4H,5-6H2,1-3H3;2*2H. The Morgan fingerprint density at radius 1 is 0.946 bits per heavy atom. The molecule has 0 unspecified atom stereocenters. The zero-order chi connectivity index (χ0) is 29.5. The first kappa shape index (κ1) is 37.3. The molecule has 37 heavy (non-hydrogen) atoms. The van der Waals surface area contributed by atoms with Gasteiger partial charge in [-0.15, -0.1) is 0 Å². The summed E-state index contributed by atoms with van der Waals surface area (Å²) < 4.78 is 14.5. The summed E-state index contributed by atoms with van der Waals surface area (Å²) in [5, 5.41) is 20.3. The zero-order valence-corrected chi connectivity index (χ0v) is 21.3. The zero-order valence-electron chi connectivity index (χ0n) is 21.3. The third-order valence-corrected chi connectivity index (χ3v) is 4.21. The molecular weight excluding hydrogens is 488 g/mol. The van der Waals surface area contributed by atoms with Crippen molar-refractivity contribution < 1.29 is 48.1 Å². The molecule has 12 heteroatoms. The summed E-state index contributed by atoms with van der Waals surface area (Å²) >= 11 is 0. The summed E-state index contributed by atoms with van der Waals surface area (Å²) in [7, 11) is 0. The second-order valence-electron chi connectivity index (χ2n) is 8.27. The molecule has 1 aliphatic rings. The Bertz CT molecular complexity index is 835. The van der Waals surface area contributed by atoms with Gasteiger partial charge in [-0.25, -0.2) is 34.8 Å². The Morgan fingerprint density at radius 3 is 1.49 bits per heavy atom. The van der Waals surface area contributed by atoms with Gasteiger partial charge in [0, 0.05) is 24.6 Å². The minimum Gasteiger partial charge on any atom is -0.462 e. The quantitative estimate of drug-likeness (QED) is 0.126. The van der Waals surface area contributed by atoms with Crippen molar-refractivity contribution in [2.24, 2.45) is 10.8 Å². The molecule has 0 spiro atoms. The van der Waals surface area contributed by atoms with E-state index in [1.807, 2.05) is 6.92 Å². The number of hydrogen-bond acceptors (Lipinski definition) is 12. The van der Waals surface area contributed by atoms with Gasteiger partial charge in [0.2, 0.25) is 12.2 Å². The molecule has 0 bridgehead atoms. The smallest absolute Gasteiger partial charge is 0.330 e. The number of allylic oxidation sites excluding steroid dienone is 2. The molecule has 0 radical (unpaired) electrons. The number of ketones is 1. The van der Waals surface area contributed by atoms with Gasteiger partial charge in [0.15, 0.2) is 5.78 Å². The van der Waals surface area contributed by atoms with Crippen molar-refractivity contribution in [3.8, 4) is 0 Å². The van der Waals surface area contributed by atoms with E-state index in [2.05, 4.69) is 33.6 Å². The molecule has 0 aliphatic heterocycles. The molecular formula is C25H34N2O10. The molecule has 0 atom stereocenters. The lowest BCUT2D eigenvalue weighted by Crippen LogP contribution is -2.42. The summed E-state index contributed by atoms with van der Waals surface area (Å²) in [4.78, 5) is 61.0. The summed E-state index contributed by atoms with van der Waals surface area (Å²) in [6, 6.07) is 0. The van der Waals surface area contributed by atoms with Crippen molar-refractivity contribution in [1.29, 1.82) is 10.8 Å². The van der Waals surface area contributed by atoms with Gasteiger partial charge in [0.05, 0.1) is 12.0 Å². The minimum atomic E-state index is -1.28. The Hall–Kier alpha value is -4.24. The SMILES string of the molecule is C=CC(=O)OCC(CO)(COC(=O)C=C)COC(=O)C=C.CC1=CC(=O)CC(C)(C)C1.N=C=O.N=C=O. The van der Waals surface area contributed by atoms with E-state index in [0.717, 1.165) is 36.8 Å². The first-order valence-corrected chi connectivity index (χ1v) is 10.5. The van der Waals surface area contributed by atoms with Crippen molar-refractivity contribution >= 4 is 35.9 Å². The maximum atomic E-state index is 11.1. The van der Waals surface area contributed by atoms with Gasteiger partial charge in [-0.2, -0.15) is 0 Å². The van der Waals surface area contributed by atoms with E-state index in [0.29, 0.717) is 6.42 Å². The Labute approximate surface area is 215 Å². The highest BCUT2D eigenvalue weighted by Crippen LogP contribution is 2.32. The molecule has 0 aromatic rings. The van der Waals surface area contributed by atoms with Gasteiger partial charge in [-0.3, -0.25) is 4.79 Å². The average molecular weight is 523 g/mol. The van der Waals surface area contributed by atoms with Crippen LogP contribution in [0.25, 0.3) is 0 Å². The number of isocyanates is 2. The fourth-order valence-corrected chi connectivity index (χ4v) is 2.78. The minimum absolute atomic E-state index is 0.204. The van der Waals surface area contributed by atoms with Crippen molar-refractivity contribution in [2.45, 2.75) is 33.6 Å². The highest BCUT2D eigenvalue weighted by molar-refractivity contribution is 5.91. The number of carbonyl (C=O) groups excluding carboxylic acids is 6. The number of rotatable bonds is 10. The number of aliphatic hydroxyl groups excluding tert-OH is 1. The first-order chi connectivity index (χ1) is 17.2. The fourth-order valence-electron chi connectivity index (χ4n) is 2.78. The van der Waals surface area contributed by atoms with Gasteiger partial charge in [-0.05, 0) is 24.8 Å². The second kappa shape index (κ2) is 21.1. The molecule has 0 aromatic carbocycles. The number of esters is 3. The first-order valence-electron chi connectivity index (χ1n) is 10.5. The van der Waals surface area contributed by atoms with Crippen LogP contribution in [-0.2, 0) is 43.0 Å². The van der Waals surface area contributed by atoms with Crippen LogP contribution >= 0.6 is 0 Å². The molecule has 0 amide bonds. The monoisotopic (exact) mass is 522 g/mol. The molecule has 204 valence electrons. The molecule has 0 fully saturated rings. The second-order valence-corrected chi connectivity index (χ2v) is 8.27. The third kappa shape index (κ3) is 20.8. The van der Waals surface area contributed by atoms with Gasteiger partial charge >= 0.3 is 17.9 Å². The molecule has 1 rings (SSSR count). The van der Waals surface area contributed by atoms with Crippen LogP contribution in [0, 0.1) is 21.6 Å². The topological polar surface area (TPSA) is 198 Å². The van der Waals surface area contributed by atoms with Crippen LogP contribution in [0.1, 0.15) is 33.6 Å². The van der Waals surface area contributed by atoms with E-state index >= 15 is 0 Å². The maximum Gasteiger partial charge on any atom is 0.330 e. The Balaban J connectivity index is -0.000000591. The van der Waals surface area contributed by atoms with Crippen LogP contribution < -0.4 is 0 Å². The van der Waals surface area contributed by atoms with Crippen LogP contribution in [0.2, 0.25) is 0 Å². The van der Waals surface area contributed by atoms with Crippen molar-refractivity contribution in [1.82, 2.24) is 0 Å². The van der Waals surface area contributed by atoms with E-state index in [4.69, 9.17) is 34.6 Å². The molecule has 3 N–H and O–H groups in total.